The highest BCUT2D eigenvalue weighted by Gasteiger charge is 2.30. The first-order valence-corrected chi connectivity index (χ1v) is 31.2. The number of carbonyl (C=O) groups is 7. The van der Waals surface area contributed by atoms with Crippen LogP contribution in [-0.4, -0.2) is 141 Å². The number of carboxylic acid groups (broad SMARTS) is 1. The average Bonchev–Trinajstić information content (AvgIpc) is 1.97. The van der Waals surface area contributed by atoms with Crippen LogP contribution in [0.1, 0.15) is 168 Å². The molecule has 0 fully saturated rings. The molecule has 0 aliphatic heterocycles. The summed E-state index contributed by atoms with van der Waals surface area (Å²) in [5.74, 6) is -3.43. The van der Waals surface area contributed by atoms with E-state index in [4.69, 9.17) is 32.8 Å². The Hall–Kier alpha value is -8.04. The van der Waals surface area contributed by atoms with E-state index in [-0.39, 0.29) is 75.7 Å². The van der Waals surface area contributed by atoms with Gasteiger partial charge in [-0.25, -0.2) is 19.4 Å². The number of carbonyl (C=O) groups excluding carboxylic acids is 6. The molecule has 4 atom stereocenters. The van der Waals surface area contributed by atoms with Gasteiger partial charge in [-0.3, -0.25) is 19.2 Å². The van der Waals surface area contributed by atoms with Crippen molar-refractivity contribution in [1.82, 2.24) is 19.7 Å². The van der Waals surface area contributed by atoms with Crippen molar-refractivity contribution < 1.29 is 81.7 Å². The molecular weight excluding hydrogens is 1170 g/mol. The standard InChI is InChI=1S/C28H36N2O6.C21H31NO6.C21H33NO5/c1-28(2,3)36-27(33)30(4)17-11-10-14-21(18-24(31)34-19-20-12-6-5-7-13-20)25(32)26-29-22-15-8-9-16-23(22)35-26;1-21(2,3)28-20(26)22(4)13-9-8-12-17(19(24)25)14-18(23)27-15-16-10-6-5-7-11-16;1-21(2,3)27-20(25)22(4)13-9-8-12-18(15-23)14-19(24)26-16-17-10-6-5-7-11-17/h5-9,12-13,15-16,21,25,32H,10-11,14,17-19H2,1-4H3;5-7,10-11,17H,8-9,12-15H2,1-4H3,(H,24,25);5-7,10-11,18,23H,8-9,12-16H2,1-4H3/t21-,25?;17-;18-/m111/s1. The molecule has 0 saturated carbocycles. The van der Waals surface area contributed by atoms with Crippen LogP contribution in [0.5, 0.6) is 0 Å². The number of carboxylic acids is 1. The van der Waals surface area contributed by atoms with E-state index in [1.54, 1.807) is 52.9 Å². The number of amides is 3. The molecule has 21 heteroatoms. The minimum Gasteiger partial charge on any atom is -0.481 e. The zero-order chi connectivity index (χ0) is 67.6. The lowest BCUT2D eigenvalue weighted by Gasteiger charge is -2.25. The molecular formula is C70H100N4O17. The molecule has 5 rings (SSSR count). The number of unbranched alkanes of at least 4 members (excludes halogenated alkanes) is 3. The maximum atomic E-state index is 12.6. The molecule has 1 heterocycles. The number of rotatable bonds is 31. The molecule has 0 aliphatic carbocycles. The number of oxazole rings is 1. The summed E-state index contributed by atoms with van der Waals surface area (Å²) in [6.07, 6.45) is 3.61. The van der Waals surface area contributed by atoms with Gasteiger partial charge in [-0.2, -0.15) is 0 Å². The predicted octanol–water partition coefficient (Wildman–Crippen LogP) is 13.3. The van der Waals surface area contributed by atoms with Crippen molar-refractivity contribution >= 4 is 53.3 Å². The lowest BCUT2D eigenvalue weighted by atomic mass is 9.92. The Morgan fingerprint density at radius 2 is 0.846 bits per heavy atom. The van der Waals surface area contributed by atoms with Gasteiger partial charge in [0.2, 0.25) is 5.89 Å². The van der Waals surface area contributed by atoms with Crippen LogP contribution in [0, 0.1) is 17.8 Å². The molecule has 0 saturated heterocycles. The normalized spacial score (nSPS) is 12.6. The molecule has 21 nitrogen and oxygen atoms in total. The third kappa shape index (κ3) is 34.1. The van der Waals surface area contributed by atoms with Crippen LogP contribution in [-0.2, 0) is 67.4 Å². The summed E-state index contributed by atoms with van der Waals surface area (Å²) in [6, 6.07) is 35.5. The molecule has 0 aliphatic rings. The third-order valence-corrected chi connectivity index (χ3v) is 13.7. The maximum Gasteiger partial charge on any atom is 0.410 e. The monoisotopic (exact) mass is 1270 g/mol. The molecule has 1 aromatic heterocycles. The van der Waals surface area contributed by atoms with Crippen LogP contribution in [0.2, 0.25) is 0 Å². The first kappa shape index (κ1) is 77.2. The molecule has 0 radical (unpaired) electrons. The zero-order valence-electron chi connectivity index (χ0n) is 55.6. The minimum absolute atomic E-state index is 0.0225. The van der Waals surface area contributed by atoms with Crippen molar-refractivity contribution in [3.8, 4) is 0 Å². The Morgan fingerprint density at radius 3 is 1.23 bits per heavy atom. The smallest absolute Gasteiger partial charge is 0.410 e. The largest absolute Gasteiger partial charge is 0.481 e. The highest BCUT2D eigenvalue weighted by Crippen LogP contribution is 2.32. The quantitative estimate of drug-likeness (QED) is 0.0211. The number of aromatic nitrogens is 1. The summed E-state index contributed by atoms with van der Waals surface area (Å²) in [6.45, 7) is 18.4. The van der Waals surface area contributed by atoms with Crippen molar-refractivity contribution in [3.63, 3.8) is 0 Å². The van der Waals surface area contributed by atoms with E-state index < -0.39 is 58.7 Å². The Kier molecular flexibility index (Phi) is 33.9. The Labute approximate surface area is 537 Å². The van der Waals surface area contributed by atoms with E-state index in [1.807, 2.05) is 151 Å². The van der Waals surface area contributed by atoms with E-state index in [2.05, 4.69) is 4.98 Å². The molecule has 5 aromatic rings. The number of hydrogen-bond acceptors (Lipinski definition) is 17. The number of benzene rings is 4. The summed E-state index contributed by atoms with van der Waals surface area (Å²) in [4.78, 5) is 92.8. The highest BCUT2D eigenvalue weighted by molar-refractivity contribution is 5.79. The first-order valence-electron chi connectivity index (χ1n) is 31.2. The molecule has 3 amide bonds. The van der Waals surface area contributed by atoms with Gasteiger partial charge in [-0.15, -0.1) is 0 Å². The second kappa shape index (κ2) is 40.0. The maximum absolute atomic E-state index is 12.6. The van der Waals surface area contributed by atoms with Gasteiger partial charge in [0.15, 0.2) is 5.58 Å². The van der Waals surface area contributed by atoms with Crippen molar-refractivity contribution in [3.05, 3.63) is 138 Å². The van der Waals surface area contributed by atoms with Crippen molar-refractivity contribution in [1.29, 1.82) is 0 Å². The molecule has 4 aromatic carbocycles. The molecule has 0 spiro atoms. The SMILES string of the molecule is CN(CCCC[C@@H](CO)CC(=O)OCc1ccccc1)C(=O)OC(C)(C)C.CN(CCCC[C@H](CC(=O)OCc1ccccc1)C(=O)O)C(=O)OC(C)(C)C.CN(CCCC[C@H](CC(=O)OCc1ccccc1)C(O)c1nc2ccccc2o1)C(=O)OC(C)(C)C. The van der Waals surface area contributed by atoms with E-state index in [0.29, 0.717) is 75.7 Å². The summed E-state index contributed by atoms with van der Waals surface area (Å²) >= 11 is 0. The number of nitrogens with zero attached hydrogens (tertiary/aromatic N) is 4. The minimum atomic E-state index is -1.06. The number of hydrogen-bond donors (Lipinski definition) is 3. The molecule has 91 heavy (non-hydrogen) atoms. The van der Waals surface area contributed by atoms with Crippen LogP contribution < -0.4 is 0 Å². The number of para-hydroxylation sites is 2. The third-order valence-electron chi connectivity index (χ3n) is 13.7. The number of fused-ring (bicyclic) bond motifs is 1. The van der Waals surface area contributed by atoms with Gasteiger partial charge in [0.1, 0.15) is 48.2 Å². The first-order chi connectivity index (χ1) is 42.9. The van der Waals surface area contributed by atoms with Gasteiger partial charge < -0.3 is 62.9 Å². The van der Waals surface area contributed by atoms with Gasteiger partial charge in [-0.1, -0.05) is 122 Å². The van der Waals surface area contributed by atoms with Crippen LogP contribution in [0.4, 0.5) is 14.4 Å². The van der Waals surface area contributed by atoms with Gasteiger partial charge in [-0.05, 0) is 136 Å². The lowest BCUT2D eigenvalue weighted by molar-refractivity contribution is -0.152. The summed E-state index contributed by atoms with van der Waals surface area (Å²) < 4.78 is 37.6. The summed E-state index contributed by atoms with van der Waals surface area (Å²) in [5.41, 5.74) is 2.30. The summed E-state index contributed by atoms with van der Waals surface area (Å²) in [7, 11) is 5.04. The number of aliphatic hydroxyl groups excluding tert-OH is 2. The number of esters is 3. The van der Waals surface area contributed by atoms with E-state index in [1.165, 1.54) is 9.80 Å². The second-order valence-electron chi connectivity index (χ2n) is 25.6. The van der Waals surface area contributed by atoms with Crippen LogP contribution in [0.25, 0.3) is 11.1 Å². The number of aliphatic hydroxyl groups is 2. The van der Waals surface area contributed by atoms with Gasteiger partial charge >= 0.3 is 42.2 Å². The van der Waals surface area contributed by atoms with Gasteiger partial charge in [0.25, 0.3) is 0 Å². The van der Waals surface area contributed by atoms with E-state index in [0.717, 1.165) is 29.5 Å². The zero-order valence-corrected chi connectivity index (χ0v) is 55.6. The van der Waals surface area contributed by atoms with E-state index in [9.17, 15) is 48.9 Å². The van der Waals surface area contributed by atoms with Crippen LogP contribution in [0.15, 0.2) is 120 Å². The van der Waals surface area contributed by atoms with Crippen LogP contribution in [0.3, 0.4) is 0 Å². The fourth-order valence-electron chi connectivity index (χ4n) is 8.77. The van der Waals surface area contributed by atoms with Gasteiger partial charge in [0, 0.05) is 53.3 Å². The molecule has 502 valence electrons. The van der Waals surface area contributed by atoms with Crippen molar-refractivity contribution in [2.24, 2.45) is 17.8 Å². The highest BCUT2D eigenvalue weighted by atomic mass is 16.6. The molecule has 0 bridgehead atoms. The number of aliphatic carboxylic acids is 1. The van der Waals surface area contributed by atoms with Crippen LogP contribution >= 0.6 is 0 Å². The lowest BCUT2D eigenvalue weighted by Crippen LogP contribution is -2.34. The average molecular weight is 1270 g/mol. The Morgan fingerprint density at radius 1 is 0.484 bits per heavy atom. The summed E-state index contributed by atoms with van der Waals surface area (Å²) in [5, 5.41) is 29.9. The Bertz CT molecular complexity index is 2910. The Balaban J connectivity index is 0.000000362. The second-order valence-corrected chi connectivity index (χ2v) is 25.6. The van der Waals surface area contributed by atoms with Crippen molar-refractivity contribution in [2.45, 2.75) is 182 Å². The predicted molar refractivity (Wildman–Crippen MR) is 345 cm³/mol. The fraction of sp³-hybridized carbons (Fsp3) is 0.543. The molecule has 1 unspecified atom stereocenters. The fourth-order valence-corrected chi connectivity index (χ4v) is 8.77. The molecule has 3 N–H and O–H groups in total. The van der Waals surface area contributed by atoms with Gasteiger partial charge in [0.05, 0.1) is 25.2 Å². The number of ether oxygens (including phenoxy) is 6. The topological polar surface area (TPSA) is 271 Å². The van der Waals surface area contributed by atoms with Crippen molar-refractivity contribution in [2.75, 3.05) is 47.4 Å². The van der Waals surface area contributed by atoms with E-state index >= 15 is 0 Å².